The highest BCUT2D eigenvalue weighted by atomic mass is 16.5. The van der Waals surface area contributed by atoms with Crippen molar-refractivity contribution >= 4 is 0 Å². The van der Waals surface area contributed by atoms with Crippen LogP contribution in [-0.2, 0) is 11.3 Å². The topological polar surface area (TPSA) is 39.5 Å². The number of para-hydroxylation sites is 1. The molecule has 0 unspecified atom stereocenters. The average molecular weight is 280 g/mol. The number of ether oxygens (including phenoxy) is 2. The van der Waals surface area contributed by atoms with Crippen molar-refractivity contribution in [1.82, 2.24) is 0 Å². The van der Waals surface area contributed by atoms with Gasteiger partial charge in [-0.15, -0.1) is 0 Å². The largest absolute Gasteiger partial charge is 0.493 e. The van der Waals surface area contributed by atoms with Gasteiger partial charge in [0.2, 0.25) is 0 Å². The molecular weight excluding hydrogens is 252 g/mol. The summed E-state index contributed by atoms with van der Waals surface area (Å²) in [6, 6.07) is 8.35. The maximum Gasteiger partial charge on any atom is 0.128 e. The molecule has 20 heavy (non-hydrogen) atoms. The second-order valence-electron chi connectivity index (χ2n) is 5.29. The average Bonchev–Trinajstić information content (AvgIpc) is 2.50. The Labute approximate surface area is 122 Å². The third kappa shape index (κ3) is 5.12. The SMILES string of the molecule is CCOc1ccccc1C[NH2+]CCC[NH+]1CCOCC1. The molecule has 1 aromatic rings. The van der Waals surface area contributed by atoms with Gasteiger partial charge in [-0.05, 0) is 19.1 Å². The zero-order valence-corrected chi connectivity index (χ0v) is 12.6. The Morgan fingerprint density at radius 2 is 2.05 bits per heavy atom. The Morgan fingerprint density at radius 3 is 2.85 bits per heavy atom. The Bertz CT molecular complexity index is 378. The van der Waals surface area contributed by atoms with Crippen LogP contribution in [0, 0.1) is 0 Å². The van der Waals surface area contributed by atoms with Gasteiger partial charge in [0.15, 0.2) is 0 Å². The number of benzene rings is 1. The molecule has 0 atom stereocenters. The molecule has 4 heteroatoms. The van der Waals surface area contributed by atoms with Crippen LogP contribution in [0.3, 0.4) is 0 Å². The van der Waals surface area contributed by atoms with E-state index in [2.05, 4.69) is 23.5 Å². The zero-order valence-electron chi connectivity index (χ0n) is 12.6. The van der Waals surface area contributed by atoms with Crippen molar-refractivity contribution in [2.45, 2.75) is 19.9 Å². The first-order valence-electron chi connectivity index (χ1n) is 7.84. The van der Waals surface area contributed by atoms with Gasteiger partial charge in [-0.2, -0.15) is 0 Å². The number of nitrogens with one attached hydrogen (secondary N) is 1. The molecule has 1 aliphatic heterocycles. The summed E-state index contributed by atoms with van der Waals surface area (Å²) in [4.78, 5) is 1.69. The summed E-state index contributed by atoms with van der Waals surface area (Å²) in [5.41, 5.74) is 1.30. The summed E-state index contributed by atoms with van der Waals surface area (Å²) in [5.74, 6) is 1.03. The standard InChI is InChI=1S/C16H26N2O2/c1-2-20-16-7-4-3-6-15(16)14-17-8-5-9-18-10-12-19-13-11-18/h3-4,6-7,17H,2,5,8-14H2,1H3/p+2. The molecule has 0 radical (unpaired) electrons. The maximum absolute atomic E-state index is 5.65. The van der Waals surface area contributed by atoms with Gasteiger partial charge in [-0.25, -0.2) is 0 Å². The van der Waals surface area contributed by atoms with Crippen molar-refractivity contribution in [3.63, 3.8) is 0 Å². The van der Waals surface area contributed by atoms with E-state index in [1.807, 2.05) is 13.0 Å². The van der Waals surface area contributed by atoms with Crippen LogP contribution in [0.15, 0.2) is 24.3 Å². The highest BCUT2D eigenvalue weighted by molar-refractivity contribution is 5.32. The Balaban J connectivity index is 1.63. The molecule has 1 saturated heterocycles. The predicted molar refractivity (Wildman–Crippen MR) is 79.1 cm³/mol. The van der Waals surface area contributed by atoms with Gasteiger partial charge in [0.25, 0.3) is 0 Å². The van der Waals surface area contributed by atoms with Gasteiger partial charge in [0, 0.05) is 12.0 Å². The van der Waals surface area contributed by atoms with Crippen molar-refractivity contribution in [2.75, 3.05) is 46.0 Å². The van der Waals surface area contributed by atoms with Crippen LogP contribution in [0.25, 0.3) is 0 Å². The molecule has 4 nitrogen and oxygen atoms in total. The van der Waals surface area contributed by atoms with Gasteiger partial charge >= 0.3 is 0 Å². The fourth-order valence-corrected chi connectivity index (χ4v) is 2.63. The summed E-state index contributed by atoms with van der Waals surface area (Å²) in [7, 11) is 0. The quantitative estimate of drug-likeness (QED) is 0.628. The number of nitrogens with two attached hydrogens (primary N) is 1. The zero-order chi connectivity index (χ0) is 14.0. The molecule has 0 aromatic heterocycles. The Morgan fingerprint density at radius 1 is 1.25 bits per heavy atom. The first-order valence-corrected chi connectivity index (χ1v) is 7.84. The van der Waals surface area contributed by atoms with Crippen LogP contribution in [0.1, 0.15) is 18.9 Å². The first kappa shape index (κ1) is 15.3. The van der Waals surface area contributed by atoms with E-state index in [1.54, 1.807) is 4.90 Å². The van der Waals surface area contributed by atoms with E-state index in [0.29, 0.717) is 0 Å². The highest BCUT2D eigenvalue weighted by Crippen LogP contribution is 2.16. The molecule has 1 heterocycles. The second-order valence-corrected chi connectivity index (χ2v) is 5.29. The van der Waals surface area contributed by atoms with E-state index in [0.717, 1.165) is 32.1 Å². The van der Waals surface area contributed by atoms with Crippen LogP contribution in [-0.4, -0.2) is 46.0 Å². The molecule has 0 bridgehead atoms. The fourth-order valence-electron chi connectivity index (χ4n) is 2.63. The Hall–Kier alpha value is -1.10. The molecular formula is C16H28N2O2+2. The molecule has 3 N–H and O–H groups in total. The van der Waals surface area contributed by atoms with E-state index in [1.165, 1.54) is 38.2 Å². The monoisotopic (exact) mass is 280 g/mol. The van der Waals surface area contributed by atoms with Gasteiger partial charge in [0.1, 0.15) is 25.4 Å². The van der Waals surface area contributed by atoms with Crippen LogP contribution in [0.2, 0.25) is 0 Å². The summed E-state index contributed by atoms with van der Waals surface area (Å²) < 4.78 is 11.0. The minimum Gasteiger partial charge on any atom is -0.493 e. The minimum absolute atomic E-state index is 0.734. The van der Waals surface area contributed by atoms with Gasteiger partial charge < -0.3 is 19.7 Å². The lowest BCUT2D eigenvalue weighted by Crippen LogP contribution is -3.14. The Kier molecular flexibility index (Phi) is 6.84. The van der Waals surface area contributed by atoms with Crippen molar-refractivity contribution < 1.29 is 19.7 Å². The number of hydrogen-bond acceptors (Lipinski definition) is 2. The summed E-state index contributed by atoms with van der Waals surface area (Å²) in [6.07, 6.45) is 1.27. The molecule has 0 spiro atoms. The minimum atomic E-state index is 0.734. The van der Waals surface area contributed by atoms with Crippen molar-refractivity contribution in [3.8, 4) is 5.75 Å². The van der Waals surface area contributed by atoms with E-state index in [4.69, 9.17) is 9.47 Å². The number of hydrogen-bond donors (Lipinski definition) is 2. The lowest BCUT2D eigenvalue weighted by molar-refractivity contribution is -0.909. The predicted octanol–water partition coefficient (Wildman–Crippen LogP) is -0.546. The van der Waals surface area contributed by atoms with Gasteiger partial charge in [0.05, 0.1) is 32.9 Å². The number of quaternary nitrogens is 2. The van der Waals surface area contributed by atoms with E-state index in [-0.39, 0.29) is 0 Å². The summed E-state index contributed by atoms with van der Waals surface area (Å²) in [5, 5.41) is 2.39. The summed E-state index contributed by atoms with van der Waals surface area (Å²) in [6.45, 7) is 10.4. The van der Waals surface area contributed by atoms with Crippen molar-refractivity contribution in [2.24, 2.45) is 0 Å². The van der Waals surface area contributed by atoms with Crippen molar-refractivity contribution in [3.05, 3.63) is 29.8 Å². The molecule has 0 aliphatic carbocycles. The second kappa shape index (κ2) is 8.95. The lowest BCUT2D eigenvalue weighted by Gasteiger charge is -2.23. The van der Waals surface area contributed by atoms with Gasteiger partial charge in [-0.1, -0.05) is 12.1 Å². The summed E-state index contributed by atoms with van der Waals surface area (Å²) >= 11 is 0. The third-order valence-corrected chi connectivity index (χ3v) is 3.78. The van der Waals surface area contributed by atoms with Crippen LogP contribution < -0.4 is 15.0 Å². The van der Waals surface area contributed by atoms with Crippen LogP contribution in [0.4, 0.5) is 0 Å². The smallest absolute Gasteiger partial charge is 0.128 e. The number of rotatable bonds is 8. The molecule has 1 aliphatic rings. The highest BCUT2D eigenvalue weighted by Gasteiger charge is 2.13. The number of morpholine rings is 1. The van der Waals surface area contributed by atoms with Crippen molar-refractivity contribution in [1.29, 1.82) is 0 Å². The lowest BCUT2D eigenvalue weighted by atomic mass is 10.2. The van der Waals surface area contributed by atoms with E-state index in [9.17, 15) is 0 Å². The normalized spacial score (nSPS) is 16.2. The molecule has 1 fully saturated rings. The first-order chi connectivity index (χ1) is 9.90. The molecule has 112 valence electrons. The molecule has 2 rings (SSSR count). The molecule has 0 saturated carbocycles. The van der Waals surface area contributed by atoms with Gasteiger partial charge in [-0.3, -0.25) is 0 Å². The maximum atomic E-state index is 5.65. The van der Waals surface area contributed by atoms with E-state index >= 15 is 0 Å². The molecule has 0 amide bonds. The van der Waals surface area contributed by atoms with E-state index < -0.39 is 0 Å². The van der Waals surface area contributed by atoms with Crippen LogP contribution in [0.5, 0.6) is 5.75 Å². The fraction of sp³-hybridized carbons (Fsp3) is 0.625. The molecule has 1 aromatic carbocycles. The third-order valence-electron chi connectivity index (χ3n) is 3.78. The van der Waals surface area contributed by atoms with Crippen LogP contribution >= 0.6 is 0 Å².